The van der Waals surface area contributed by atoms with E-state index < -0.39 is 12.1 Å². The summed E-state index contributed by atoms with van der Waals surface area (Å²) in [6, 6.07) is 9.14. The molecule has 1 saturated heterocycles. The zero-order valence-electron chi connectivity index (χ0n) is 11.2. The summed E-state index contributed by atoms with van der Waals surface area (Å²) < 4.78 is 5.35. The van der Waals surface area contributed by atoms with Crippen LogP contribution in [0.4, 0.5) is 0 Å². The van der Waals surface area contributed by atoms with Crippen LogP contribution in [-0.2, 0) is 14.3 Å². The van der Waals surface area contributed by atoms with Gasteiger partial charge in [-0.3, -0.25) is 9.59 Å². The van der Waals surface area contributed by atoms with Crippen molar-refractivity contribution in [2.24, 2.45) is 0 Å². The number of rotatable bonds is 6. The van der Waals surface area contributed by atoms with E-state index in [1.807, 2.05) is 30.3 Å². The van der Waals surface area contributed by atoms with Gasteiger partial charge in [-0.25, -0.2) is 0 Å². The summed E-state index contributed by atoms with van der Waals surface area (Å²) in [4.78, 5) is 22.8. The summed E-state index contributed by atoms with van der Waals surface area (Å²) >= 11 is 0. The van der Waals surface area contributed by atoms with Gasteiger partial charge in [-0.2, -0.15) is 0 Å². The van der Waals surface area contributed by atoms with Gasteiger partial charge in [0.25, 0.3) is 0 Å². The van der Waals surface area contributed by atoms with Crippen LogP contribution in [0.3, 0.4) is 0 Å². The van der Waals surface area contributed by atoms with Crippen LogP contribution in [0, 0.1) is 0 Å². The monoisotopic (exact) mass is 277 g/mol. The fourth-order valence-electron chi connectivity index (χ4n) is 2.32. The third-order valence-corrected chi connectivity index (χ3v) is 3.39. The minimum atomic E-state index is -0.864. The van der Waals surface area contributed by atoms with Gasteiger partial charge < -0.3 is 15.2 Å². The van der Waals surface area contributed by atoms with E-state index in [2.05, 4.69) is 5.32 Å². The molecule has 1 aromatic carbocycles. The second kappa shape index (κ2) is 7.05. The molecule has 1 aliphatic heterocycles. The molecule has 0 radical (unpaired) electrons. The van der Waals surface area contributed by atoms with Gasteiger partial charge in [0.05, 0.1) is 6.04 Å². The molecule has 2 rings (SSSR count). The second-order valence-corrected chi connectivity index (χ2v) is 4.91. The zero-order valence-corrected chi connectivity index (χ0v) is 11.2. The molecule has 5 nitrogen and oxygen atoms in total. The maximum atomic E-state index is 12.1. The number of carbonyl (C=O) groups is 2. The van der Waals surface area contributed by atoms with Crippen molar-refractivity contribution in [2.75, 3.05) is 6.61 Å². The molecule has 20 heavy (non-hydrogen) atoms. The Morgan fingerprint density at radius 3 is 2.70 bits per heavy atom. The molecule has 0 aromatic heterocycles. The number of benzene rings is 1. The predicted molar refractivity (Wildman–Crippen MR) is 73.2 cm³/mol. The van der Waals surface area contributed by atoms with E-state index in [0.29, 0.717) is 13.0 Å². The largest absolute Gasteiger partial charge is 0.481 e. The van der Waals surface area contributed by atoms with Crippen LogP contribution < -0.4 is 5.32 Å². The van der Waals surface area contributed by atoms with Crippen LogP contribution in [-0.4, -0.2) is 29.7 Å². The highest BCUT2D eigenvalue weighted by Gasteiger charge is 2.26. The molecule has 0 aliphatic carbocycles. The van der Waals surface area contributed by atoms with Crippen molar-refractivity contribution in [1.29, 1.82) is 0 Å². The number of hydrogen-bond acceptors (Lipinski definition) is 3. The molecule has 1 heterocycles. The first-order valence-corrected chi connectivity index (χ1v) is 6.85. The molecule has 0 spiro atoms. The Hall–Kier alpha value is -1.88. The molecule has 1 aliphatic rings. The van der Waals surface area contributed by atoms with Gasteiger partial charge in [0.1, 0.15) is 6.10 Å². The lowest BCUT2D eigenvalue weighted by molar-refractivity contribution is -0.138. The van der Waals surface area contributed by atoms with Crippen LogP contribution >= 0.6 is 0 Å². The first kappa shape index (κ1) is 14.5. The Balaban J connectivity index is 2.01. The van der Waals surface area contributed by atoms with Gasteiger partial charge in [0, 0.05) is 13.0 Å². The molecule has 1 amide bonds. The smallest absolute Gasteiger partial charge is 0.303 e. The third kappa shape index (κ3) is 4.06. The first-order chi connectivity index (χ1) is 9.66. The number of hydrogen-bond donors (Lipinski definition) is 2. The average Bonchev–Trinajstić information content (AvgIpc) is 2.98. The number of nitrogens with one attached hydrogen (secondary N) is 1. The molecule has 1 aromatic rings. The van der Waals surface area contributed by atoms with Crippen LogP contribution in [0.15, 0.2) is 30.3 Å². The lowest BCUT2D eigenvalue weighted by atomic mass is 10.0. The van der Waals surface area contributed by atoms with Crippen molar-refractivity contribution in [3.63, 3.8) is 0 Å². The zero-order chi connectivity index (χ0) is 14.4. The van der Waals surface area contributed by atoms with E-state index in [1.54, 1.807) is 0 Å². The standard InChI is InChI=1S/C15H19NO4/c17-14(18)9-8-12(11-5-2-1-3-6-11)16-15(19)13-7-4-10-20-13/h1-3,5-6,12-13H,4,7-10H2,(H,16,19)(H,17,18). The molecule has 5 heteroatoms. The summed E-state index contributed by atoms with van der Waals surface area (Å²) in [5, 5.41) is 11.7. The van der Waals surface area contributed by atoms with E-state index in [4.69, 9.17) is 9.84 Å². The van der Waals surface area contributed by atoms with Crippen molar-refractivity contribution in [3.8, 4) is 0 Å². The number of ether oxygens (including phenoxy) is 1. The van der Waals surface area contributed by atoms with Crippen molar-refractivity contribution in [2.45, 2.75) is 37.8 Å². The maximum Gasteiger partial charge on any atom is 0.303 e. The topological polar surface area (TPSA) is 75.6 Å². The Kier molecular flexibility index (Phi) is 5.12. The maximum absolute atomic E-state index is 12.1. The van der Waals surface area contributed by atoms with Crippen LogP contribution in [0.25, 0.3) is 0 Å². The fraction of sp³-hybridized carbons (Fsp3) is 0.467. The van der Waals surface area contributed by atoms with Crippen LogP contribution in [0.5, 0.6) is 0 Å². The molecular formula is C15H19NO4. The Morgan fingerprint density at radius 2 is 2.10 bits per heavy atom. The number of carbonyl (C=O) groups excluding carboxylic acids is 1. The first-order valence-electron chi connectivity index (χ1n) is 6.85. The molecule has 2 atom stereocenters. The minimum Gasteiger partial charge on any atom is -0.481 e. The number of carboxylic acid groups (broad SMARTS) is 1. The van der Waals surface area contributed by atoms with Crippen molar-refractivity contribution >= 4 is 11.9 Å². The molecule has 0 bridgehead atoms. The van der Waals surface area contributed by atoms with Gasteiger partial charge in [-0.05, 0) is 24.8 Å². The van der Waals surface area contributed by atoms with Crippen LogP contribution in [0.2, 0.25) is 0 Å². The highest BCUT2D eigenvalue weighted by atomic mass is 16.5. The molecular weight excluding hydrogens is 258 g/mol. The van der Waals surface area contributed by atoms with Gasteiger partial charge in [0.2, 0.25) is 5.91 Å². The van der Waals surface area contributed by atoms with E-state index in [0.717, 1.165) is 18.4 Å². The minimum absolute atomic E-state index is 0.0192. The Morgan fingerprint density at radius 1 is 1.35 bits per heavy atom. The van der Waals surface area contributed by atoms with Crippen LogP contribution in [0.1, 0.15) is 37.3 Å². The van der Waals surface area contributed by atoms with Gasteiger partial charge >= 0.3 is 5.97 Å². The third-order valence-electron chi connectivity index (χ3n) is 3.39. The van der Waals surface area contributed by atoms with Crippen molar-refractivity contribution < 1.29 is 19.4 Å². The lowest BCUT2D eigenvalue weighted by Gasteiger charge is -2.20. The average molecular weight is 277 g/mol. The highest BCUT2D eigenvalue weighted by molar-refractivity contribution is 5.81. The number of carboxylic acids is 1. The SMILES string of the molecule is O=C(O)CCC(NC(=O)C1CCCO1)c1ccccc1. The van der Waals surface area contributed by atoms with E-state index in [9.17, 15) is 9.59 Å². The van der Waals surface area contributed by atoms with Crippen molar-refractivity contribution in [1.82, 2.24) is 5.32 Å². The summed E-state index contributed by atoms with van der Waals surface area (Å²) in [5.74, 6) is -1.01. The highest BCUT2D eigenvalue weighted by Crippen LogP contribution is 2.20. The van der Waals surface area contributed by atoms with Gasteiger partial charge in [-0.15, -0.1) is 0 Å². The molecule has 0 saturated carbocycles. The van der Waals surface area contributed by atoms with E-state index in [-0.39, 0.29) is 18.4 Å². The quantitative estimate of drug-likeness (QED) is 0.832. The Bertz CT molecular complexity index is 454. The van der Waals surface area contributed by atoms with E-state index in [1.165, 1.54) is 0 Å². The molecule has 108 valence electrons. The number of aliphatic carboxylic acids is 1. The summed E-state index contributed by atoms with van der Waals surface area (Å²) in [7, 11) is 0. The number of amides is 1. The fourth-order valence-corrected chi connectivity index (χ4v) is 2.32. The second-order valence-electron chi connectivity index (χ2n) is 4.91. The summed E-state index contributed by atoms with van der Waals surface area (Å²) in [6.07, 6.45) is 1.62. The summed E-state index contributed by atoms with van der Waals surface area (Å²) in [5.41, 5.74) is 0.917. The van der Waals surface area contributed by atoms with Gasteiger partial charge in [-0.1, -0.05) is 30.3 Å². The molecule has 1 fully saturated rings. The Labute approximate surface area is 117 Å². The molecule has 2 N–H and O–H groups in total. The van der Waals surface area contributed by atoms with Crippen molar-refractivity contribution in [3.05, 3.63) is 35.9 Å². The normalized spacial score (nSPS) is 19.5. The predicted octanol–water partition coefficient (Wildman–Crippen LogP) is 1.89. The van der Waals surface area contributed by atoms with E-state index >= 15 is 0 Å². The molecule has 2 unspecified atom stereocenters. The van der Waals surface area contributed by atoms with Gasteiger partial charge in [0.15, 0.2) is 0 Å². The summed E-state index contributed by atoms with van der Waals surface area (Å²) in [6.45, 7) is 0.614. The lowest BCUT2D eigenvalue weighted by Crippen LogP contribution is -2.37.